The second-order valence-corrected chi connectivity index (χ2v) is 7.82. The average molecular weight is 386 g/mol. The lowest BCUT2D eigenvalue weighted by Crippen LogP contribution is -2.33. The molecule has 3 aromatic rings. The van der Waals surface area contributed by atoms with Crippen LogP contribution in [0.5, 0.6) is 0 Å². The van der Waals surface area contributed by atoms with E-state index < -0.39 is 0 Å². The highest BCUT2D eigenvalue weighted by molar-refractivity contribution is 7.99. The lowest BCUT2D eigenvalue weighted by molar-refractivity contribution is 0.186. The van der Waals surface area contributed by atoms with Crippen LogP contribution < -0.4 is 5.56 Å². The first-order valence-electron chi connectivity index (χ1n) is 8.97. The van der Waals surface area contributed by atoms with Crippen molar-refractivity contribution in [3.05, 3.63) is 52.2 Å². The zero-order chi connectivity index (χ0) is 18.8. The van der Waals surface area contributed by atoms with Crippen molar-refractivity contribution in [3.8, 4) is 0 Å². The second kappa shape index (κ2) is 7.69. The zero-order valence-corrected chi connectivity index (χ0v) is 16.2. The van der Waals surface area contributed by atoms with E-state index in [2.05, 4.69) is 25.1 Å². The van der Waals surface area contributed by atoms with E-state index in [1.807, 2.05) is 30.7 Å². The predicted molar refractivity (Wildman–Crippen MR) is 101 cm³/mol. The van der Waals surface area contributed by atoms with Crippen LogP contribution in [0.4, 0.5) is 0 Å². The summed E-state index contributed by atoms with van der Waals surface area (Å²) in [7, 11) is 1.91. The minimum Gasteiger partial charge on any atom is -0.453 e. The number of piperidine rings is 1. The lowest BCUT2D eigenvalue weighted by Gasteiger charge is -2.31. The summed E-state index contributed by atoms with van der Waals surface area (Å²) in [4.78, 5) is 21.3. The summed E-state index contributed by atoms with van der Waals surface area (Å²) < 4.78 is 7.80. The fraction of sp³-hybridized carbons (Fsp3) is 0.444. The Morgan fingerprint density at radius 1 is 1.33 bits per heavy atom. The molecule has 4 heterocycles. The molecule has 0 spiro atoms. The Labute approximate surface area is 161 Å². The molecule has 1 aliphatic heterocycles. The summed E-state index contributed by atoms with van der Waals surface area (Å²) in [6.07, 6.45) is 3.67. The van der Waals surface area contributed by atoms with Gasteiger partial charge in [-0.05, 0) is 56.7 Å². The van der Waals surface area contributed by atoms with Gasteiger partial charge < -0.3 is 14.0 Å². The summed E-state index contributed by atoms with van der Waals surface area (Å²) >= 11 is 1.47. The number of aromatic nitrogens is 5. The van der Waals surface area contributed by atoms with Crippen molar-refractivity contribution in [1.82, 2.24) is 29.6 Å². The Bertz CT molecular complexity index is 970. The van der Waals surface area contributed by atoms with E-state index in [-0.39, 0.29) is 5.56 Å². The van der Waals surface area contributed by atoms with Crippen molar-refractivity contribution in [2.75, 3.05) is 13.1 Å². The Morgan fingerprint density at radius 3 is 2.85 bits per heavy atom. The van der Waals surface area contributed by atoms with E-state index in [4.69, 9.17) is 4.42 Å². The van der Waals surface area contributed by atoms with E-state index in [9.17, 15) is 4.79 Å². The van der Waals surface area contributed by atoms with Crippen molar-refractivity contribution < 1.29 is 4.42 Å². The molecule has 0 amide bonds. The summed E-state index contributed by atoms with van der Waals surface area (Å²) in [6, 6.07) is 5.63. The molecule has 0 bridgehead atoms. The van der Waals surface area contributed by atoms with Gasteiger partial charge in [-0.2, -0.15) is 0 Å². The third-order valence-electron chi connectivity index (χ3n) is 4.76. The standard InChI is InChI=1S/C18H22N6O2S/c1-12-20-15(9-16(25)21-12)13-5-7-24(8-6-13)10-14-3-4-17(26-14)27-18-22-19-11-23(18)2/h3-4,9,11,13H,5-8,10H2,1-2H3,(H,20,21,25). The molecule has 0 atom stereocenters. The molecule has 1 aliphatic rings. The van der Waals surface area contributed by atoms with Gasteiger partial charge in [0.05, 0.1) is 12.2 Å². The molecule has 0 radical (unpaired) electrons. The van der Waals surface area contributed by atoms with Crippen LogP contribution in [0, 0.1) is 6.92 Å². The second-order valence-electron chi connectivity index (χ2n) is 6.85. The number of likely N-dealkylation sites (tertiary alicyclic amines) is 1. The van der Waals surface area contributed by atoms with Gasteiger partial charge in [0.15, 0.2) is 10.2 Å². The van der Waals surface area contributed by atoms with Crippen LogP contribution in [-0.4, -0.2) is 42.7 Å². The SMILES string of the molecule is Cc1nc(C2CCN(Cc3ccc(Sc4nncn4C)o3)CC2)cc(=O)[nH]1. The molecule has 3 aromatic heterocycles. The minimum atomic E-state index is -0.0662. The maximum absolute atomic E-state index is 11.7. The van der Waals surface area contributed by atoms with Gasteiger partial charge in [-0.25, -0.2) is 4.98 Å². The Kier molecular flexibility index (Phi) is 5.13. The molecule has 9 heteroatoms. The van der Waals surface area contributed by atoms with Crippen LogP contribution >= 0.6 is 11.8 Å². The zero-order valence-electron chi connectivity index (χ0n) is 15.4. The monoisotopic (exact) mass is 386 g/mol. The summed E-state index contributed by atoms with van der Waals surface area (Å²) in [6.45, 7) is 4.54. The number of nitrogens with one attached hydrogen (secondary N) is 1. The minimum absolute atomic E-state index is 0.0662. The van der Waals surface area contributed by atoms with Crippen molar-refractivity contribution in [2.45, 2.75) is 42.5 Å². The molecule has 0 aromatic carbocycles. The van der Waals surface area contributed by atoms with Gasteiger partial charge in [0.1, 0.15) is 17.9 Å². The number of hydrogen-bond donors (Lipinski definition) is 1. The molecule has 4 rings (SSSR count). The molecule has 27 heavy (non-hydrogen) atoms. The van der Waals surface area contributed by atoms with E-state index in [0.29, 0.717) is 11.7 Å². The fourth-order valence-corrected chi connectivity index (χ4v) is 4.12. The average Bonchev–Trinajstić information content (AvgIpc) is 3.24. The summed E-state index contributed by atoms with van der Waals surface area (Å²) in [5.41, 5.74) is 0.847. The summed E-state index contributed by atoms with van der Waals surface area (Å²) in [5, 5.41) is 9.56. The fourth-order valence-electron chi connectivity index (χ4n) is 3.37. The topological polar surface area (TPSA) is 92.8 Å². The van der Waals surface area contributed by atoms with Gasteiger partial charge in [-0.15, -0.1) is 10.2 Å². The molecule has 1 saturated heterocycles. The third-order valence-corrected chi connectivity index (χ3v) is 5.74. The number of hydrogen-bond acceptors (Lipinski definition) is 7. The quantitative estimate of drug-likeness (QED) is 0.719. The largest absolute Gasteiger partial charge is 0.453 e. The van der Waals surface area contributed by atoms with E-state index in [1.54, 1.807) is 12.4 Å². The molecular weight excluding hydrogens is 364 g/mol. The van der Waals surface area contributed by atoms with Crippen molar-refractivity contribution in [3.63, 3.8) is 0 Å². The lowest BCUT2D eigenvalue weighted by atomic mass is 9.93. The van der Waals surface area contributed by atoms with Gasteiger partial charge in [0.2, 0.25) is 0 Å². The van der Waals surface area contributed by atoms with Gasteiger partial charge in [-0.1, -0.05) is 0 Å². The Morgan fingerprint density at radius 2 is 2.15 bits per heavy atom. The molecular formula is C18H22N6O2S. The van der Waals surface area contributed by atoms with Crippen LogP contribution in [0.1, 0.15) is 36.0 Å². The number of furan rings is 1. The van der Waals surface area contributed by atoms with Crippen molar-refractivity contribution in [2.24, 2.45) is 7.05 Å². The van der Waals surface area contributed by atoms with Crippen LogP contribution in [0.15, 0.2) is 44.0 Å². The molecule has 0 unspecified atom stereocenters. The first-order chi connectivity index (χ1) is 13.1. The third kappa shape index (κ3) is 4.30. The highest BCUT2D eigenvalue weighted by Crippen LogP contribution is 2.30. The maximum atomic E-state index is 11.7. The van der Waals surface area contributed by atoms with E-state index >= 15 is 0 Å². The van der Waals surface area contributed by atoms with Gasteiger partial charge in [-0.3, -0.25) is 9.69 Å². The molecule has 1 fully saturated rings. The molecule has 8 nitrogen and oxygen atoms in total. The molecule has 142 valence electrons. The first kappa shape index (κ1) is 18.0. The van der Waals surface area contributed by atoms with Gasteiger partial charge in [0, 0.05) is 19.0 Å². The number of nitrogens with zero attached hydrogens (tertiary/aromatic N) is 5. The summed E-state index contributed by atoms with van der Waals surface area (Å²) in [5.74, 6) is 1.98. The Balaban J connectivity index is 1.33. The van der Waals surface area contributed by atoms with E-state index in [0.717, 1.165) is 54.2 Å². The van der Waals surface area contributed by atoms with Crippen molar-refractivity contribution in [1.29, 1.82) is 0 Å². The van der Waals surface area contributed by atoms with Crippen LogP contribution in [0.3, 0.4) is 0 Å². The smallest absolute Gasteiger partial charge is 0.251 e. The van der Waals surface area contributed by atoms with Gasteiger partial charge in [0.25, 0.3) is 5.56 Å². The highest BCUT2D eigenvalue weighted by atomic mass is 32.2. The van der Waals surface area contributed by atoms with Crippen LogP contribution in [0.25, 0.3) is 0 Å². The maximum Gasteiger partial charge on any atom is 0.251 e. The molecule has 0 saturated carbocycles. The Hall–Kier alpha value is -2.39. The number of aromatic amines is 1. The first-order valence-corrected chi connectivity index (χ1v) is 9.79. The highest BCUT2D eigenvalue weighted by Gasteiger charge is 2.23. The van der Waals surface area contributed by atoms with Crippen LogP contribution in [0.2, 0.25) is 0 Å². The van der Waals surface area contributed by atoms with E-state index in [1.165, 1.54) is 11.8 Å². The number of rotatable bonds is 5. The predicted octanol–water partition coefficient (Wildman–Crippen LogP) is 2.33. The number of H-pyrrole nitrogens is 1. The molecule has 0 aliphatic carbocycles. The van der Waals surface area contributed by atoms with Crippen molar-refractivity contribution >= 4 is 11.8 Å². The van der Waals surface area contributed by atoms with Gasteiger partial charge >= 0.3 is 0 Å². The molecule has 1 N–H and O–H groups in total. The normalized spacial score (nSPS) is 16.1. The van der Waals surface area contributed by atoms with Crippen LogP contribution in [-0.2, 0) is 13.6 Å². The number of aryl methyl sites for hydroxylation is 2.